The molecule has 1 aromatic rings. The lowest BCUT2D eigenvalue weighted by Crippen LogP contribution is -2.32. The third kappa shape index (κ3) is 2.95. The molecule has 1 saturated heterocycles. The number of nitrogens with zero attached hydrogens (tertiary/aromatic N) is 1. The van der Waals surface area contributed by atoms with Gasteiger partial charge in [-0.1, -0.05) is 28.1 Å². The summed E-state index contributed by atoms with van der Waals surface area (Å²) < 4.78 is 1.23. The van der Waals surface area contributed by atoms with Gasteiger partial charge in [-0.3, -0.25) is 4.90 Å². The van der Waals surface area contributed by atoms with E-state index in [4.69, 9.17) is 0 Å². The highest BCUT2D eigenvalue weighted by Crippen LogP contribution is 2.30. The van der Waals surface area contributed by atoms with Crippen molar-refractivity contribution in [2.24, 2.45) is 0 Å². The summed E-state index contributed by atoms with van der Waals surface area (Å²) in [5, 5.41) is 3.70. The molecule has 1 saturated carbocycles. The van der Waals surface area contributed by atoms with Crippen molar-refractivity contribution in [2.75, 3.05) is 13.1 Å². The molecule has 3 rings (SSSR count). The van der Waals surface area contributed by atoms with Gasteiger partial charge in [0.1, 0.15) is 0 Å². The molecule has 1 aromatic carbocycles. The molecule has 18 heavy (non-hydrogen) atoms. The van der Waals surface area contributed by atoms with Crippen molar-refractivity contribution in [1.29, 1.82) is 0 Å². The maximum atomic E-state index is 3.70. The molecule has 0 bridgehead atoms. The van der Waals surface area contributed by atoms with E-state index in [1.54, 1.807) is 0 Å². The van der Waals surface area contributed by atoms with Crippen LogP contribution in [0.15, 0.2) is 22.7 Å². The Bertz CT molecular complexity index is 429. The molecule has 0 radical (unpaired) electrons. The van der Waals surface area contributed by atoms with Crippen LogP contribution in [0.4, 0.5) is 0 Å². The Morgan fingerprint density at radius 2 is 2.17 bits per heavy atom. The molecular weight excluding hydrogens is 288 g/mol. The lowest BCUT2D eigenvalue weighted by molar-refractivity contribution is 0.317. The number of aryl methyl sites for hydroxylation is 1. The predicted molar refractivity (Wildman–Crippen MR) is 78.7 cm³/mol. The summed E-state index contributed by atoms with van der Waals surface area (Å²) in [6.07, 6.45) is 4.16. The van der Waals surface area contributed by atoms with E-state index in [-0.39, 0.29) is 0 Å². The number of benzene rings is 1. The van der Waals surface area contributed by atoms with Crippen molar-refractivity contribution in [3.8, 4) is 0 Å². The van der Waals surface area contributed by atoms with Gasteiger partial charge in [-0.2, -0.15) is 0 Å². The van der Waals surface area contributed by atoms with E-state index in [1.807, 2.05) is 0 Å². The smallest absolute Gasteiger partial charge is 0.0222 e. The second-order valence-corrected chi connectivity index (χ2v) is 6.54. The third-order valence-corrected chi connectivity index (χ3v) is 4.81. The van der Waals surface area contributed by atoms with Gasteiger partial charge in [0, 0.05) is 36.2 Å². The molecule has 1 aliphatic heterocycles. The van der Waals surface area contributed by atoms with Gasteiger partial charge in [0.25, 0.3) is 0 Å². The first-order valence-corrected chi connectivity index (χ1v) is 7.74. The van der Waals surface area contributed by atoms with Crippen LogP contribution in [-0.2, 0) is 6.54 Å². The molecule has 0 aromatic heterocycles. The predicted octanol–water partition coefficient (Wildman–Crippen LogP) is 3.08. The quantitative estimate of drug-likeness (QED) is 0.919. The van der Waals surface area contributed by atoms with Crippen molar-refractivity contribution in [1.82, 2.24) is 10.2 Å². The first-order chi connectivity index (χ1) is 8.72. The Balaban J connectivity index is 1.51. The molecule has 98 valence electrons. The van der Waals surface area contributed by atoms with Gasteiger partial charge >= 0.3 is 0 Å². The number of hydrogen-bond donors (Lipinski definition) is 1. The van der Waals surface area contributed by atoms with Crippen LogP contribution in [0.3, 0.4) is 0 Å². The normalized spacial score (nSPS) is 24.7. The van der Waals surface area contributed by atoms with Gasteiger partial charge in [0.2, 0.25) is 0 Å². The SMILES string of the molecule is Cc1ccc(CNC2CCN(C3CC3)C2)c(Br)c1. The maximum Gasteiger partial charge on any atom is 0.0222 e. The van der Waals surface area contributed by atoms with E-state index < -0.39 is 0 Å². The number of hydrogen-bond acceptors (Lipinski definition) is 2. The van der Waals surface area contributed by atoms with Gasteiger partial charge in [-0.15, -0.1) is 0 Å². The number of rotatable bonds is 4. The second kappa shape index (κ2) is 5.32. The summed E-state index contributed by atoms with van der Waals surface area (Å²) in [5.41, 5.74) is 2.68. The van der Waals surface area contributed by atoms with Crippen molar-refractivity contribution >= 4 is 15.9 Å². The molecule has 1 aliphatic carbocycles. The first-order valence-electron chi connectivity index (χ1n) is 6.95. The van der Waals surface area contributed by atoms with E-state index in [9.17, 15) is 0 Å². The summed E-state index contributed by atoms with van der Waals surface area (Å²) in [5.74, 6) is 0. The second-order valence-electron chi connectivity index (χ2n) is 5.69. The van der Waals surface area contributed by atoms with Crippen molar-refractivity contribution in [2.45, 2.75) is 44.8 Å². The number of likely N-dealkylation sites (tertiary alicyclic amines) is 1. The lowest BCUT2D eigenvalue weighted by atomic mass is 10.1. The minimum absolute atomic E-state index is 0.679. The van der Waals surface area contributed by atoms with Crippen molar-refractivity contribution < 1.29 is 0 Å². The monoisotopic (exact) mass is 308 g/mol. The van der Waals surface area contributed by atoms with E-state index in [1.165, 1.54) is 48.0 Å². The van der Waals surface area contributed by atoms with E-state index in [0.717, 1.165) is 12.6 Å². The molecule has 1 atom stereocenters. The average Bonchev–Trinajstić information content (AvgIpc) is 3.08. The Morgan fingerprint density at radius 3 is 2.89 bits per heavy atom. The first kappa shape index (κ1) is 12.6. The molecule has 2 nitrogen and oxygen atoms in total. The zero-order valence-corrected chi connectivity index (χ0v) is 12.5. The molecular formula is C15H21BrN2. The Morgan fingerprint density at radius 1 is 1.33 bits per heavy atom. The van der Waals surface area contributed by atoms with Crippen LogP contribution >= 0.6 is 15.9 Å². The van der Waals surface area contributed by atoms with Crippen LogP contribution in [0.1, 0.15) is 30.4 Å². The Hall–Kier alpha value is -0.380. The van der Waals surface area contributed by atoms with Crippen LogP contribution in [0.2, 0.25) is 0 Å². The zero-order chi connectivity index (χ0) is 12.5. The van der Waals surface area contributed by atoms with E-state index in [2.05, 4.69) is 51.3 Å². The fraction of sp³-hybridized carbons (Fsp3) is 0.600. The highest BCUT2D eigenvalue weighted by Gasteiger charge is 2.33. The van der Waals surface area contributed by atoms with Gasteiger partial charge in [-0.25, -0.2) is 0 Å². The average molecular weight is 309 g/mol. The lowest BCUT2D eigenvalue weighted by Gasteiger charge is -2.16. The number of nitrogens with one attached hydrogen (secondary N) is 1. The molecule has 0 amide bonds. The summed E-state index contributed by atoms with van der Waals surface area (Å²) in [6, 6.07) is 8.21. The van der Waals surface area contributed by atoms with Crippen LogP contribution in [0, 0.1) is 6.92 Å². The summed E-state index contributed by atoms with van der Waals surface area (Å²) in [4.78, 5) is 2.65. The summed E-state index contributed by atoms with van der Waals surface area (Å²) >= 11 is 3.65. The van der Waals surface area contributed by atoms with Crippen LogP contribution in [0.25, 0.3) is 0 Å². The topological polar surface area (TPSA) is 15.3 Å². The van der Waals surface area contributed by atoms with Crippen LogP contribution < -0.4 is 5.32 Å². The number of halogens is 1. The van der Waals surface area contributed by atoms with Crippen molar-refractivity contribution in [3.05, 3.63) is 33.8 Å². The summed E-state index contributed by atoms with van der Waals surface area (Å²) in [7, 11) is 0. The molecule has 1 N–H and O–H groups in total. The minimum Gasteiger partial charge on any atom is -0.309 e. The molecule has 1 unspecified atom stereocenters. The van der Waals surface area contributed by atoms with Gasteiger partial charge in [0.05, 0.1) is 0 Å². The van der Waals surface area contributed by atoms with Crippen LogP contribution in [0.5, 0.6) is 0 Å². The largest absolute Gasteiger partial charge is 0.309 e. The molecule has 1 heterocycles. The minimum atomic E-state index is 0.679. The van der Waals surface area contributed by atoms with Crippen molar-refractivity contribution in [3.63, 3.8) is 0 Å². The van der Waals surface area contributed by atoms with Gasteiger partial charge < -0.3 is 5.32 Å². The molecule has 2 fully saturated rings. The molecule has 2 aliphatic rings. The Labute approximate surface area is 118 Å². The highest BCUT2D eigenvalue weighted by molar-refractivity contribution is 9.10. The fourth-order valence-electron chi connectivity index (χ4n) is 2.78. The molecule has 0 spiro atoms. The third-order valence-electron chi connectivity index (χ3n) is 4.07. The standard InChI is InChI=1S/C15H21BrN2/c1-11-2-3-12(15(16)8-11)9-17-13-6-7-18(10-13)14-4-5-14/h2-3,8,13-14,17H,4-7,9-10H2,1H3. The fourth-order valence-corrected chi connectivity index (χ4v) is 3.41. The van der Waals surface area contributed by atoms with Crippen LogP contribution in [-0.4, -0.2) is 30.1 Å². The maximum absolute atomic E-state index is 3.70. The zero-order valence-electron chi connectivity index (χ0n) is 11.0. The Kier molecular flexibility index (Phi) is 3.73. The van der Waals surface area contributed by atoms with E-state index >= 15 is 0 Å². The summed E-state index contributed by atoms with van der Waals surface area (Å²) in [6.45, 7) is 5.64. The molecule has 3 heteroatoms. The van der Waals surface area contributed by atoms with E-state index in [0.29, 0.717) is 6.04 Å². The van der Waals surface area contributed by atoms with Gasteiger partial charge in [-0.05, 0) is 43.4 Å². The highest BCUT2D eigenvalue weighted by atomic mass is 79.9. The van der Waals surface area contributed by atoms with Gasteiger partial charge in [0.15, 0.2) is 0 Å².